The number of nitrogens with one attached hydrogen (secondary N) is 1. The molecule has 0 radical (unpaired) electrons. The van der Waals surface area contributed by atoms with Gasteiger partial charge in [0.25, 0.3) is 3.79 Å². The average Bonchev–Trinajstić information content (AvgIpc) is 2.97. The molecule has 0 aromatic heterocycles. The Bertz CT molecular complexity index is 1260. The number of halogens is 3. The van der Waals surface area contributed by atoms with E-state index in [-0.39, 0.29) is 19.8 Å². The largest absolute Gasteiger partial charge is 0.453 e. The van der Waals surface area contributed by atoms with E-state index in [1.807, 2.05) is 91.0 Å². The van der Waals surface area contributed by atoms with Crippen LogP contribution in [-0.2, 0) is 53.0 Å². The standard InChI is InChI=1S/C31H32Cl3NO7/c1-21(36)40-28-27(39-19-24-15-9-4-10-16-24)26(38-18-23-13-7-3-8-14-23)25(20-37-17-22-11-5-2-6-12-22)41-29(28)42-30(35)31(32,33)34/h2-16,25-29,35H,17-20H2,1H3/t25-,26+,27+,28-,29?/m1/s1. The maximum absolute atomic E-state index is 12.3. The first kappa shape index (κ1) is 32.2. The van der Waals surface area contributed by atoms with Gasteiger partial charge in [0.1, 0.15) is 18.3 Å². The van der Waals surface area contributed by atoms with Crippen LogP contribution in [0.3, 0.4) is 0 Å². The molecule has 1 N–H and O–H groups in total. The molecule has 1 fully saturated rings. The molecule has 1 heterocycles. The Morgan fingerprint density at radius 1 is 0.738 bits per heavy atom. The normalized spacial score (nSPS) is 22.3. The van der Waals surface area contributed by atoms with Gasteiger partial charge < -0.3 is 28.4 Å². The van der Waals surface area contributed by atoms with Gasteiger partial charge in [-0.1, -0.05) is 126 Å². The molecule has 1 saturated heterocycles. The molecular weight excluding hydrogens is 605 g/mol. The molecule has 11 heteroatoms. The summed E-state index contributed by atoms with van der Waals surface area (Å²) in [5, 5.41) is 8.17. The zero-order valence-corrected chi connectivity index (χ0v) is 25.1. The van der Waals surface area contributed by atoms with E-state index in [0.29, 0.717) is 6.61 Å². The second-order valence-electron chi connectivity index (χ2n) is 9.58. The van der Waals surface area contributed by atoms with Crippen molar-refractivity contribution in [3.05, 3.63) is 108 Å². The summed E-state index contributed by atoms with van der Waals surface area (Å²) >= 11 is 17.7. The van der Waals surface area contributed by atoms with Crippen molar-refractivity contribution in [2.24, 2.45) is 0 Å². The molecule has 5 atom stereocenters. The summed E-state index contributed by atoms with van der Waals surface area (Å²) in [5.74, 6) is -1.32. The van der Waals surface area contributed by atoms with Crippen LogP contribution in [0.15, 0.2) is 91.0 Å². The predicted molar refractivity (Wildman–Crippen MR) is 159 cm³/mol. The van der Waals surface area contributed by atoms with Crippen LogP contribution in [-0.4, -0.2) is 53.0 Å². The van der Waals surface area contributed by atoms with Crippen molar-refractivity contribution in [1.82, 2.24) is 0 Å². The first-order valence-electron chi connectivity index (χ1n) is 13.3. The van der Waals surface area contributed by atoms with Crippen LogP contribution < -0.4 is 0 Å². The monoisotopic (exact) mass is 635 g/mol. The number of benzene rings is 3. The highest BCUT2D eigenvalue weighted by Crippen LogP contribution is 2.34. The summed E-state index contributed by atoms with van der Waals surface area (Å²) < 4.78 is 34.2. The molecule has 0 bridgehead atoms. The molecule has 0 saturated carbocycles. The topological polar surface area (TPSA) is 96.3 Å². The molecule has 3 aromatic rings. The average molecular weight is 637 g/mol. The van der Waals surface area contributed by atoms with Gasteiger partial charge in [-0.25, -0.2) is 0 Å². The molecule has 1 aliphatic rings. The summed E-state index contributed by atoms with van der Waals surface area (Å²) in [7, 11) is 0. The van der Waals surface area contributed by atoms with Gasteiger partial charge in [-0.05, 0) is 16.7 Å². The quantitative estimate of drug-likeness (QED) is 0.106. The van der Waals surface area contributed by atoms with Crippen molar-refractivity contribution >= 4 is 46.7 Å². The van der Waals surface area contributed by atoms with E-state index in [1.54, 1.807) is 0 Å². The zero-order valence-electron chi connectivity index (χ0n) is 22.9. The van der Waals surface area contributed by atoms with Crippen molar-refractivity contribution in [1.29, 1.82) is 5.41 Å². The van der Waals surface area contributed by atoms with Crippen LogP contribution >= 0.6 is 34.8 Å². The van der Waals surface area contributed by atoms with Crippen molar-refractivity contribution in [3.63, 3.8) is 0 Å². The van der Waals surface area contributed by atoms with E-state index in [9.17, 15) is 4.79 Å². The van der Waals surface area contributed by atoms with Gasteiger partial charge in [0.05, 0.1) is 26.4 Å². The van der Waals surface area contributed by atoms with Crippen molar-refractivity contribution in [3.8, 4) is 0 Å². The lowest BCUT2D eigenvalue weighted by Gasteiger charge is -2.45. The highest BCUT2D eigenvalue weighted by atomic mass is 35.6. The molecule has 224 valence electrons. The predicted octanol–water partition coefficient (Wildman–Crippen LogP) is 6.39. The van der Waals surface area contributed by atoms with Crippen LogP contribution in [0, 0.1) is 5.41 Å². The highest BCUT2D eigenvalue weighted by Gasteiger charge is 2.52. The fourth-order valence-electron chi connectivity index (χ4n) is 4.40. The number of carbonyl (C=O) groups excluding carboxylic acids is 1. The Labute approximate surface area is 260 Å². The highest BCUT2D eigenvalue weighted by molar-refractivity contribution is 6.76. The van der Waals surface area contributed by atoms with E-state index < -0.39 is 46.4 Å². The van der Waals surface area contributed by atoms with E-state index in [1.165, 1.54) is 6.92 Å². The molecule has 8 nitrogen and oxygen atoms in total. The lowest BCUT2D eigenvalue weighted by Crippen LogP contribution is -2.62. The van der Waals surface area contributed by atoms with E-state index >= 15 is 0 Å². The van der Waals surface area contributed by atoms with Crippen LogP contribution in [0.25, 0.3) is 0 Å². The van der Waals surface area contributed by atoms with Crippen LogP contribution in [0.5, 0.6) is 0 Å². The number of carbonyl (C=O) groups is 1. The van der Waals surface area contributed by atoms with Gasteiger partial charge in [-0.3, -0.25) is 10.2 Å². The van der Waals surface area contributed by atoms with E-state index in [2.05, 4.69) is 0 Å². The molecule has 0 spiro atoms. The summed E-state index contributed by atoms with van der Waals surface area (Å²) in [6, 6.07) is 28.8. The van der Waals surface area contributed by atoms with Gasteiger partial charge in [0.2, 0.25) is 12.2 Å². The molecule has 1 aliphatic heterocycles. The maximum Gasteiger partial charge on any atom is 0.303 e. The maximum atomic E-state index is 12.3. The fraction of sp³-hybridized carbons (Fsp3) is 0.355. The molecule has 0 aliphatic carbocycles. The molecule has 0 amide bonds. The molecule has 4 rings (SSSR count). The Balaban J connectivity index is 1.64. The number of ether oxygens (including phenoxy) is 6. The minimum absolute atomic E-state index is 0.0628. The third kappa shape index (κ3) is 9.67. The van der Waals surface area contributed by atoms with Crippen molar-refractivity contribution < 1.29 is 33.2 Å². The van der Waals surface area contributed by atoms with Gasteiger partial charge in [-0.15, -0.1) is 0 Å². The minimum atomic E-state index is -2.18. The smallest absolute Gasteiger partial charge is 0.303 e. The summed E-state index contributed by atoms with van der Waals surface area (Å²) in [5.41, 5.74) is 2.77. The molecule has 3 aromatic carbocycles. The number of esters is 1. The van der Waals surface area contributed by atoms with Gasteiger partial charge in [0, 0.05) is 6.92 Å². The Morgan fingerprint density at radius 2 is 1.21 bits per heavy atom. The summed E-state index contributed by atoms with van der Waals surface area (Å²) in [4.78, 5) is 12.3. The minimum Gasteiger partial charge on any atom is -0.453 e. The number of hydrogen-bond donors (Lipinski definition) is 1. The first-order valence-corrected chi connectivity index (χ1v) is 14.4. The molecule has 1 unspecified atom stereocenters. The Morgan fingerprint density at radius 3 is 1.69 bits per heavy atom. The van der Waals surface area contributed by atoms with Gasteiger partial charge >= 0.3 is 5.97 Å². The summed E-state index contributed by atoms with van der Waals surface area (Å²) in [6.07, 6.45) is -5.01. The second-order valence-corrected chi connectivity index (χ2v) is 11.9. The van der Waals surface area contributed by atoms with Crippen molar-refractivity contribution in [2.45, 2.75) is 61.2 Å². The second kappa shape index (κ2) is 15.7. The van der Waals surface area contributed by atoms with Crippen molar-refractivity contribution in [2.75, 3.05) is 6.61 Å². The summed E-state index contributed by atoms with van der Waals surface area (Å²) in [6.45, 7) is 2.01. The lowest BCUT2D eigenvalue weighted by molar-refractivity contribution is -0.305. The van der Waals surface area contributed by atoms with Gasteiger partial charge in [0.15, 0.2) is 6.10 Å². The Hall–Kier alpha value is -2.69. The van der Waals surface area contributed by atoms with E-state index in [4.69, 9.17) is 68.6 Å². The fourth-order valence-corrected chi connectivity index (χ4v) is 4.53. The van der Waals surface area contributed by atoms with Crippen LogP contribution in [0.1, 0.15) is 23.6 Å². The molecular formula is C31H32Cl3NO7. The third-order valence-electron chi connectivity index (χ3n) is 6.35. The van der Waals surface area contributed by atoms with Crippen LogP contribution in [0.4, 0.5) is 0 Å². The third-order valence-corrected chi connectivity index (χ3v) is 6.86. The van der Waals surface area contributed by atoms with E-state index in [0.717, 1.165) is 16.7 Å². The van der Waals surface area contributed by atoms with Gasteiger partial charge in [-0.2, -0.15) is 0 Å². The van der Waals surface area contributed by atoms with Crippen LogP contribution in [0.2, 0.25) is 0 Å². The zero-order chi connectivity index (χ0) is 30.0. The lowest BCUT2D eigenvalue weighted by atomic mass is 9.98. The number of hydrogen-bond acceptors (Lipinski definition) is 8. The first-order chi connectivity index (χ1) is 20.2. The number of alkyl halides is 3. The molecule has 42 heavy (non-hydrogen) atoms. The number of rotatable bonds is 12. The Kier molecular flexibility index (Phi) is 12.0. The SMILES string of the molecule is CC(=O)O[C@H]1C(OC(=N)C(Cl)(Cl)Cl)O[C@H](COCc2ccccc2)[C@H](OCc2ccccc2)[C@@H]1OCc1ccccc1.